The molecule has 1 aromatic carbocycles. The Morgan fingerprint density at radius 2 is 1.73 bits per heavy atom. The molecule has 0 saturated heterocycles. The Labute approximate surface area is 94.1 Å². The van der Waals surface area contributed by atoms with E-state index < -0.39 is 0 Å². The van der Waals surface area contributed by atoms with Crippen LogP contribution in [-0.2, 0) is 0 Å². The van der Waals surface area contributed by atoms with Gasteiger partial charge in [-0.05, 0) is 23.8 Å². The highest BCUT2D eigenvalue weighted by Crippen LogP contribution is 2.15. The molecular formula is C13H10ClN. The van der Waals surface area contributed by atoms with Crippen LogP contribution in [0.1, 0.15) is 11.3 Å². The van der Waals surface area contributed by atoms with Gasteiger partial charge in [-0.1, -0.05) is 48.0 Å². The SMILES string of the molecule is Clc1cccnc1C=Cc1ccccc1. The molecule has 1 aromatic heterocycles. The predicted molar refractivity (Wildman–Crippen MR) is 64.6 cm³/mol. The molecule has 1 heterocycles. The van der Waals surface area contributed by atoms with Crippen LogP contribution in [-0.4, -0.2) is 4.98 Å². The quantitative estimate of drug-likeness (QED) is 0.740. The molecule has 0 atom stereocenters. The van der Waals surface area contributed by atoms with Gasteiger partial charge in [-0.3, -0.25) is 4.98 Å². The third kappa shape index (κ3) is 2.67. The van der Waals surface area contributed by atoms with Crippen molar-refractivity contribution in [2.45, 2.75) is 0 Å². The van der Waals surface area contributed by atoms with Crippen LogP contribution in [0.4, 0.5) is 0 Å². The van der Waals surface area contributed by atoms with Crippen LogP contribution >= 0.6 is 11.6 Å². The highest BCUT2D eigenvalue weighted by Gasteiger charge is 1.94. The number of hydrogen-bond donors (Lipinski definition) is 0. The Hall–Kier alpha value is -1.60. The van der Waals surface area contributed by atoms with E-state index in [-0.39, 0.29) is 0 Å². The molecule has 0 aliphatic carbocycles. The minimum Gasteiger partial charge on any atom is -0.255 e. The molecule has 2 heteroatoms. The molecule has 74 valence electrons. The molecule has 0 bridgehead atoms. The van der Waals surface area contributed by atoms with Crippen molar-refractivity contribution in [1.29, 1.82) is 0 Å². The summed E-state index contributed by atoms with van der Waals surface area (Å²) in [6, 6.07) is 13.7. The Morgan fingerprint density at radius 1 is 0.933 bits per heavy atom. The van der Waals surface area contributed by atoms with Gasteiger partial charge in [-0.25, -0.2) is 0 Å². The Kier molecular flexibility index (Phi) is 3.15. The largest absolute Gasteiger partial charge is 0.255 e. The molecule has 2 rings (SSSR count). The van der Waals surface area contributed by atoms with E-state index in [0.29, 0.717) is 5.02 Å². The van der Waals surface area contributed by atoms with Crippen LogP contribution in [0, 0.1) is 0 Å². The summed E-state index contributed by atoms with van der Waals surface area (Å²) >= 11 is 5.98. The van der Waals surface area contributed by atoms with Crippen molar-refractivity contribution in [3.8, 4) is 0 Å². The van der Waals surface area contributed by atoms with Crippen molar-refractivity contribution in [1.82, 2.24) is 4.98 Å². The number of benzene rings is 1. The maximum absolute atomic E-state index is 5.98. The van der Waals surface area contributed by atoms with Gasteiger partial charge in [-0.2, -0.15) is 0 Å². The van der Waals surface area contributed by atoms with E-state index in [1.165, 1.54) is 0 Å². The van der Waals surface area contributed by atoms with Crippen LogP contribution in [0.3, 0.4) is 0 Å². The first-order valence-corrected chi connectivity index (χ1v) is 5.08. The lowest BCUT2D eigenvalue weighted by atomic mass is 10.2. The molecular weight excluding hydrogens is 206 g/mol. The van der Waals surface area contributed by atoms with Crippen molar-refractivity contribution in [2.24, 2.45) is 0 Å². The summed E-state index contributed by atoms with van der Waals surface area (Å²) in [5.74, 6) is 0. The van der Waals surface area contributed by atoms with Gasteiger partial charge in [0.05, 0.1) is 10.7 Å². The molecule has 0 unspecified atom stereocenters. The van der Waals surface area contributed by atoms with Gasteiger partial charge in [0, 0.05) is 6.20 Å². The molecule has 0 N–H and O–H groups in total. The lowest BCUT2D eigenvalue weighted by molar-refractivity contribution is 1.30. The fraction of sp³-hybridized carbons (Fsp3) is 0. The molecule has 0 aliphatic rings. The minimum atomic E-state index is 0.671. The third-order valence-corrected chi connectivity index (χ3v) is 2.34. The summed E-state index contributed by atoms with van der Waals surface area (Å²) in [7, 11) is 0. The summed E-state index contributed by atoms with van der Waals surface area (Å²) in [5, 5.41) is 0.671. The van der Waals surface area contributed by atoms with Gasteiger partial charge >= 0.3 is 0 Å². The van der Waals surface area contributed by atoms with E-state index in [2.05, 4.69) is 4.98 Å². The lowest BCUT2D eigenvalue weighted by Crippen LogP contribution is -1.79. The molecule has 0 radical (unpaired) electrons. The lowest BCUT2D eigenvalue weighted by Gasteiger charge is -1.95. The highest BCUT2D eigenvalue weighted by molar-refractivity contribution is 6.31. The zero-order valence-electron chi connectivity index (χ0n) is 8.10. The molecule has 0 fully saturated rings. The molecule has 15 heavy (non-hydrogen) atoms. The van der Waals surface area contributed by atoms with E-state index in [4.69, 9.17) is 11.6 Å². The van der Waals surface area contributed by atoms with Crippen LogP contribution in [0.2, 0.25) is 5.02 Å². The van der Waals surface area contributed by atoms with Gasteiger partial charge in [-0.15, -0.1) is 0 Å². The van der Waals surface area contributed by atoms with Gasteiger partial charge in [0.2, 0.25) is 0 Å². The normalized spacial score (nSPS) is 10.7. The summed E-state index contributed by atoms with van der Waals surface area (Å²) < 4.78 is 0. The first kappa shape index (κ1) is 9.94. The Morgan fingerprint density at radius 3 is 2.47 bits per heavy atom. The smallest absolute Gasteiger partial charge is 0.0816 e. The zero-order valence-corrected chi connectivity index (χ0v) is 8.85. The van der Waals surface area contributed by atoms with E-state index >= 15 is 0 Å². The van der Waals surface area contributed by atoms with Crippen molar-refractivity contribution in [3.05, 3.63) is 64.9 Å². The van der Waals surface area contributed by atoms with Crippen molar-refractivity contribution < 1.29 is 0 Å². The number of pyridine rings is 1. The van der Waals surface area contributed by atoms with Crippen LogP contribution in [0.15, 0.2) is 48.7 Å². The monoisotopic (exact) mass is 215 g/mol. The third-order valence-electron chi connectivity index (χ3n) is 2.02. The van der Waals surface area contributed by atoms with Crippen molar-refractivity contribution >= 4 is 23.8 Å². The molecule has 2 aromatic rings. The van der Waals surface area contributed by atoms with E-state index in [0.717, 1.165) is 11.3 Å². The van der Waals surface area contributed by atoms with Crippen LogP contribution < -0.4 is 0 Å². The van der Waals surface area contributed by atoms with Crippen LogP contribution in [0.5, 0.6) is 0 Å². The first-order chi connectivity index (χ1) is 7.36. The number of nitrogens with zero attached hydrogens (tertiary/aromatic N) is 1. The second-order valence-electron chi connectivity index (χ2n) is 3.11. The standard InChI is InChI=1S/C13H10ClN/c14-12-7-4-10-15-13(12)9-8-11-5-2-1-3-6-11/h1-10H. The topological polar surface area (TPSA) is 12.9 Å². The van der Waals surface area contributed by atoms with Gasteiger partial charge in [0.25, 0.3) is 0 Å². The van der Waals surface area contributed by atoms with Crippen molar-refractivity contribution in [2.75, 3.05) is 0 Å². The second-order valence-corrected chi connectivity index (χ2v) is 3.52. The number of halogens is 1. The van der Waals surface area contributed by atoms with E-state index in [9.17, 15) is 0 Å². The maximum Gasteiger partial charge on any atom is 0.0816 e. The van der Waals surface area contributed by atoms with Gasteiger partial charge in [0.1, 0.15) is 0 Å². The van der Waals surface area contributed by atoms with Crippen molar-refractivity contribution in [3.63, 3.8) is 0 Å². The summed E-state index contributed by atoms with van der Waals surface area (Å²) in [4.78, 5) is 4.17. The molecule has 0 aliphatic heterocycles. The summed E-state index contributed by atoms with van der Waals surface area (Å²) in [6.07, 6.45) is 5.64. The number of aromatic nitrogens is 1. The molecule has 1 nitrogen and oxygen atoms in total. The number of hydrogen-bond acceptors (Lipinski definition) is 1. The molecule has 0 spiro atoms. The maximum atomic E-state index is 5.98. The summed E-state index contributed by atoms with van der Waals surface area (Å²) in [6.45, 7) is 0. The first-order valence-electron chi connectivity index (χ1n) is 4.70. The van der Waals surface area contributed by atoms with Gasteiger partial charge < -0.3 is 0 Å². The summed E-state index contributed by atoms with van der Waals surface area (Å²) in [5.41, 5.74) is 1.93. The second kappa shape index (κ2) is 4.76. The predicted octanol–water partition coefficient (Wildman–Crippen LogP) is 3.91. The minimum absolute atomic E-state index is 0.671. The fourth-order valence-electron chi connectivity index (χ4n) is 1.26. The highest BCUT2D eigenvalue weighted by atomic mass is 35.5. The average Bonchev–Trinajstić information content (AvgIpc) is 2.29. The zero-order chi connectivity index (χ0) is 10.5. The van der Waals surface area contributed by atoms with Crippen LogP contribution in [0.25, 0.3) is 12.2 Å². The molecule has 0 saturated carbocycles. The Bertz CT molecular complexity index is 463. The molecule has 0 amide bonds. The van der Waals surface area contributed by atoms with Gasteiger partial charge in [0.15, 0.2) is 0 Å². The Balaban J connectivity index is 2.23. The van der Waals surface area contributed by atoms with E-state index in [1.807, 2.05) is 54.6 Å². The fourth-order valence-corrected chi connectivity index (χ4v) is 1.44. The van der Waals surface area contributed by atoms with E-state index in [1.54, 1.807) is 6.20 Å². The average molecular weight is 216 g/mol. The number of rotatable bonds is 2.